The van der Waals surface area contributed by atoms with Crippen molar-refractivity contribution in [3.8, 4) is 0 Å². The minimum absolute atomic E-state index is 0.174. The van der Waals surface area contributed by atoms with Gasteiger partial charge in [-0.1, -0.05) is 30.3 Å². The van der Waals surface area contributed by atoms with Crippen LogP contribution in [-0.2, 0) is 13.1 Å². The summed E-state index contributed by atoms with van der Waals surface area (Å²) in [6, 6.07) is 11.6. The van der Waals surface area contributed by atoms with Crippen LogP contribution in [0, 0.1) is 6.92 Å². The van der Waals surface area contributed by atoms with Crippen LogP contribution in [0.1, 0.15) is 16.7 Å². The molecule has 0 aliphatic carbocycles. The molecule has 0 aliphatic rings. The van der Waals surface area contributed by atoms with E-state index in [1.165, 1.54) is 5.56 Å². The van der Waals surface area contributed by atoms with Gasteiger partial charge in [0.05, 0.1) is 0 Å². The van der Waals surface area contributed by atoms with Crippen molar-refractivity contribution < 1.29 is 4.79 Å². The SMILES string of the molecule is Cc1ccccc1CNC(=O)NCc1cccnc1. The largest absolute Gasteiger partial charge is 0.334 e. The second kappa shape index (κ2) is 6.54. The molecule has 98 valence electrons. The zero-order chi connectivity index (χ0) is 13.5. The molecule has 0 spiro atoms. The lowest BCUT2D eigenvalue weighted by Gasteiger charge is -2.09. The van der Waals surface area contributed by atoms with Gasteiger partial charge >= 0.3 is 6.03 Å². The highest BCUT2D eigenvalue weighted by atomic mass is 16.2. The maximum absolute atomic E-state index is 11.7. The van der Waals surface area contributed by atoms with Crippen LogP contribution in [0.5, 0.6) is 0 Å². The van der Waals surface area contributed by atoms with Crippen molar-refractivity contribution >= 4 is 6.03 Å². The van der Waals surface area contributed by atoms with E-state index >= 15 is 0 Å². The molecule has 2 aromatic rings. The monoisotopic (exact) mass is 255 g/mol. The standard InChI is InChI=1S/C15H17N3O/c1-12-5-2-3-7-14(12)11-18-15(19)17-10-13-6-4-8-16-9-13/h2-9H,10-11H2,1H3,(H2,17,18,19). The van der Waals surface area contributed by atoms with Crippen molar-refractivity contribution in [1.29, 1.82) is 0 Å². The van der Waals surface area contributed by atoms with Crippen LogP contribution < -0.4 is 10.6 Å². The third-order valence-corrected chi connectivity index (χ3v) is 2.88. The number of rotatable bonds is 4. The average molecular weight is 255 g/mol. The third kappa shape index (κ3) is 4.10. The highest BCUT2D eigenvalue weighted by Crippen LogP contribution is 2.05. The molecular weight excluding hydrogens is 238 g/mol. The topological polar surface area (TPSA) is 54.0 Å². The Balaban J connectivity index is 1.78. The van der Waals surface area contributed by atoms with Gasteiger partial charge in [-0.15, -0.1) is 0 Å². The van der Waals surface area contributed by atoms with E-state index in [0.717, 1.165) is 11.1 Å². The fourth-order valence-corrected chi connectivity index (χ4v) is 1.73. The summed E-state index contributed by atoms with van der Waals surface area (Å²) < 4.78 is 0. The van der Waals surface area contributed by atoms with E-state index in [0.29, 0.717) is 13.1 Å². The quantitative estimate of drug-likeness (QED) is 0.881. The summed E-state index contributed by atoms with van der Waals surface area (Å²) in [5.74, 6) is 0. The second-order valence-electron chi connectivity index (χ2n) is 4.32. The highest BCUT2D eigenvalue weighted by molar-refractivity contribution is 5.73. The number of pyridine rings is 1. The minimum Gasteiger partial charge on any atom is -0.334 e. The predicted octanol–water partition coefficient (Wildman–Crippen LogP) is 2.39. The first-order valence-corrected chi connectivity index (χ1v) is 6.21. The Kier molecular flexibility index (Phi) is 4.50. The number of nitrogens with one attached hydrogen (secondary N) is 2. The summed E-state index contributed by atoms with van der Waals surface area (Å²) in [5.41, 5.74) is 3.28. The van der Waals surface area contributed by atoms with Crippen molar-refractivity contribution in [2.75, 3.05) is 0 Å². The third-order valence-electron chi connectivity index (χ3n) is 2.88. The lowest BCUT2D eigenvalue weighted by Crippen LogP contribution is -2.34. The number of hydrogen-bond donors (Lipinski definition) is 2. The Labute approximate surface area is 112 Å². The van der Waals surface area contributed by atoms with Crippen LogP contribution in [0.15, 0.2) is 48.8 Å². The van der Waals surface area contributed by atoms with E-state index in [9.17, 15) is 4.79 Å². The zero-order valence-corrected chi connectivity index (χ0v) is 10.9. The van der Waals surface area contributed by atoms with Gasteiger partial charge in [-0.3, -0.25) is 4.98 Å². The normalized spacial score (nSPS) is 9.95. The summed E-state index contributed by atoms with van der Waals surface area (Å²) >= 11 is 0. The Morgan fingerprint density at radius 1 is 1.11 bits per heavy atom. The number of nitrogens with zero attached hydrogens (tertiary/aromatic N) is 1. The fraction of sp³-hybridized carbons (Fsp3) is 0.200. The molecule has 19 heavy (non-hydrogen) atoms. The molecule has 2 amide bonds. The molecule has 4 heteroatoms. The average Bonchev–Trinajstić information content (AvgIpc) is 2.45. The number of benzene rings is 1. The van der Waals surface area contributed by atoms with E-state index < -0.39 is 0 Å². The molecule has 0 saturated carbocycles. The first kappa shape index (κ1) is 13.1. The number of hydrogen-bond acceptors (Lipinski definition) is 2. The van der Waals surface area contributed by atoms with Gasteiger partial charge in [0.15, 0.2) is 0 Å². The molecule has 4 nitrogen and oxygen atoms in total. The van der Waals surface area contributed by atoms with Gasteiger partial charge in [0.1, 0.15) is 0 Å². The minimum atomic E-state index is -0.174. The molecule has 0 radical (unpaired) electrons. The highest BCUT2D eigenvalue weighted by Gasteiger charge is 2.02. The van der Waals surface area contributed by atoms with Crippen molar-refractivity contribution in [2.24, 2.45) is 0 Å². The molecule has 0 unspecified atom stereocenters. The van der Waals surface area contributed by atoms with Gasteiger partial charge < -0.3 is 10.6 Å². The Morgan fingerprint density at radius 2 is 1.89 bits per heavy atom. The number of amides is 2. The van der Waals surface area contributed by atoms with E-state index in [-0.39, 0.29) is 6.03 Å². The predicted molar refractivity (Wildman–Crippen MR) is 74.5 cm³/mol. The van der Waals surface area contributed by atoms with Crippen molar-refractivity contribution in [3.05, 3.63) is 65.5 Å². The summed E-state index contributed by atoms with van der Waals surface area (Å²) in [4.78, 5) is 15.7. The number of carbonyl (C=O) groups excluding carboxylic acids is 1. The second-order valence-corrected chi connectivity index (χ2v) is 4.32. The summed E-state index contributed by atoms with van der Waals surface area (Å²) in [6.07, 6.45) is 3.45. The van der Waals surface area contributed by atoms with Crippen molar-refractivity contribution in [1.82, 2.24) is 15.6 Å². The Morgan fingerprint density at radius 3 is 2.63 bits per heavy atom. The van der Waals surface area contributed by atoms with Crippen LogP contribution >= 0.6 is 0 Å². The molecule has 0 atom stereocenters. The van der Waals surface area contributed by atoms with Crippen LogP contribution in [0.3, 0.4) is 0 Å². The zero-order valence-electron chi connectivity index (χ0n) is 10.9. The molecular formula is C15H17N3O. The Hall–Kier alpha value is -2.36. The van der Waals surface area contributed by atoms with E-state index in [2.05, 4.69) is 15.6 Å². The van der Waals surface area contributed by atoms with Crippen LogP contribution in [-0.4, -0.2) is 11.0 Å². The first-order chi connectivity index (χ1) is 9.25. The molecule has 2 N–H and O–H groups in total. The number of carbonyl (C=O) groups is 1. The van der Waals surface area contributed by atoms with Crippen LogP contribution in [0.25, 0.3) is 0 Å². The molecule has 0 bridgehead atoms. The van der Waals surface area contributed by atoms with Crippen molar-refractivity contribution in [3.63, 3.8) is 0 Å². The molecule has 1 aromatic heterocycles. The first-order valence-electron chi connectivity index (χ1n) is 6.21. The van der Waals surface area contributed by atoms with Gasteiger partial charge in [0, 0.05) is 25.5 Å². The fourth-order valence-electron chi connectivity index (χ4n) is 1.73. The molecule has 0 aliphatic heterocycles. The van der Waals surface area contributed by atoms with Crippen LogP contribution in [0.4, 0.5) is 4.79 Å². The summed E-state index contributed by atoms with van der Waals surface area (Å²) in [7, 11) is 0. The molecule has 0 saturated heterocycles. The lowest BCUT2D eigenvalue weighted by atomic mass is 10.1. The number of aromatic nitrogens is 1. The number of urea groups is 1. The maximum Gasteiger partial charge on any atom is 0.315 e. The molecule has 1 heterocycles. The summed E-state index contributed by atoms with van der Waals surface area (Å²) in [5, 5.41) is 5.64. The van der Waals surface area contributed by atoms with Crippen LogP contribution in [0.2, 0.25) is 0 Å². The smallest absolute Gasteiger partial charge is 0.315 e. The van der Waals surface area contributed by atoms with Gasteiger partial charge in [-0.25, -0.2) is 4.79 Å². The lowest BCUT2D eigenvalue weighted by molar-refractivity contribution is 0.240. The molecule has 2 rings (SSSR count). The van der Waals surface area contributed by atoms with Gasteiger partial charge in [0.2, 0.25) is 0 Å². The van der Waals surface area contributed by atoms with E-state index in [1.54, 1.807) is 12.4 Å². The van der Waals surface area contributed by atoms with Gasteiger partial charge in [-0.05, 0) is 29.7 Å². The molecule has 1 aromatic carbocycles. The molecule has 0 fully saturated rings. The van der Waals surface area contributed by atoms with Gasteiger partial charge in [0.25, 0.3) is 0 Å². The number of aryl methyl sites for hydroxylation is 1. The Bertz CT molecular complexity index is 540. The van der Waals surface area contributed by atoms with E-state index in [1.807, 2.05) is 43.3 Å². The van der Waals surface area contributed by atoms with E-state index in [4.69, 9.17) is 0 Å². The summed E-state index contributed by atoms with van der Waals surface area (Å²) in [6.45, 7) is 3.05. The van der Waals surface area contributed by atoms with Gasteiger partial charge in [-0.2, -0.15) is 0 Å². The van der Waals surface area contributed by atoms with Crippen molar-refractivity contribution in [2.45, 2.75) is 20.0 Å². The maximum atomic E-state index is 11.7.